The number of halogens is 2. The first kappa shape index (κ1) is 17.8. The Kier molecular flexibility index (Phi) is 5.18. The van der Waals surface area contributed by atoms with Crippen LogP contribution in [-0.2, 0) is 16.1 Å². The summed E-state index contributed by atoms with van der Waals surface area (Å²) in [5.41, 5.74) is 3.79. The van der Waals surface area contributed by atoms with Crippen molar-refractivity contribution in [3.05, 3.63) is 57.0 Å². The Balaban J connectivity index is 1.60. The van der Waals surface area contributed by atoms with E-state index in [1.807, 2.05) is 24.3 Å². The van der Waals surface area contributed by atoms with Gasteiger partial charge in [-0.1, -0.05) is 39.7 Å². The van der Waals surface area contributed by atoms with Crippen LogP contribution in [0.25, 0.3) is 0 Å². The number of ether oxygens (including phenoxy) is 1. The molecular formula is C19H19BrClN3O2. The molecule has 1 amide bonds. The van der Waals surface area contributed by atoms with Crippen LogP contribution in [0.4, 0.5) is 11.4 Å². The molecule has 2 aliphatic heterocycles. The number of rotatable bonds is 4. The second-order valence-corrected chi connectivity index (χ2v) is 7.84. The van der Waals surface area contributed by atoms with Gasteiger partial charge in [-0.25, -0.2) is 0 Å². The average molecular weight is 437 g/mol. The third kappa shape index (κ3) is 3.74. The van der Waals surface area contributed by atoms with Crippen LogP contribution in [0.1, 0.15) is 17.2 Å². The van der Waals surface area contributed by atoms with Crippen molar-refractivity contribution in [2.24, 2.45) is 0 Å². The summed E-state index contributed by atoms with van der Waals surface area (Å²) >= 11 is 9.58. The molecular weight excluding hydrogens is 418 g/mol. The number of carbonyl (C=O) groups is 1. The highest BCUT2D eigenvalue weighted by atomic mass is 79.9. The molecule has 0 spiro atoms. The number of benzene rings is 2. The third-order valence-electron chi connectivity index (χ3n) is 4.72. The SMILES string of the molecule is O=C1Nc2cc(Cl)ccc2C1Nc1cc(Br)ccc1CN1CCOCC1. The summed E-state index contributed by atoms with van der Waals surface area (Å²) in [6.07, 6.45) is 0. The highest BCUT2D eigenvalue weighted by Crippen LogP contribution is 2.36. The van der Waals surface area contributed by atoms with Gasteiger partial charge in [0.15, 0.2) is 0 Å². The summed E-state index contributed by atoms with van der Waals surface area (Å²) in [5, 5.41) is 6.93. The molecule has 2 aromatic carbocycles. The van der Waals surface area contributed by atoms with Crippen LogP contribution >= 0.6 is 27.5 Å². The molecule has 0 aliphatic carbocycles. The zero-order chi connectivity index (χ0) is 18.1. The minimum absolute atomic E-state index is 0.0698. The predicted molar refractivity (Wildman–Crippen MR) is 107 cm³/mol. The smallest absolute Gasteiger partial charge is 0.251 e. The molecule has 0 saturated carbocycles. The first-order valence-corrected chi connectivity index (χ1v) is 9.72. The van der Waals surface area contributed by atoms with Gasteiger partial charge in [-0.15, -0.1) is 0 Å². The fourth-order valence-corrected chi connectivity index (χ4v) is 3.89. The number of amides is 1. The number of nitrogens with zero attached hydrogens (tertiary/aromatic N) is 1. The summed E-state index contributed by atoms with van der Waals surface area (Å²) in [4.78, 5) is 14.8. The lowest BCUT2D eigenvalue weighted by Crippen LogP contribution is -2.35. The topological polar surface area (TPSA) is 53.6 Å². The summed E-state index contributed by atoms with van der Waals surface area (Å²) in [5.74, 6) is -0.0698. The van der Waals surface area contributed by atoms with E-state index in [-0.39, 0.29) is 5.91 Å². The maximum Gasteiger partial charge on any atom is 0.251 e. The van der Waals surface area contributed by atoms with Crippen molar-refractivity contribution in [3.8, 4) is 0 Å². The van der Waals surface area contributed by atoms with Crippen molar-refractivity contribution in [1.82, 2.24) is 4.90 Å². The standard InChI is InChI=1S/C19H19BrClN3O2/c20-13-2-1-12(11-24-5-7-26-8-6-24)16(9-13)22-18-15-4-3-14(21)10-17(15)23-19(18)25/h1-4,9-10,18,22H,5-8,11H2,(H,23,25). The molecule has 0 aromatic heterocycles. The quantitative estimate of drug-likeness (QED) is 0.759. The van der Waals surface area contributed by atoms with Crippen molar-refractivity contribution in [2.45, 2.75) is 12.6 Å². The molecule has 1 atom stereocenters. The van der Waals surface area contributed by atoms with Crippen molar-refractivity contribution >= 4 is 44.8 Å². The number of fused-ring (bicyclic) bond motifs is 1. The molecule has 2 aromatic rings. The van der Waals surface area contributed by atoms with Crippen LogP contribution in [0, 0.1) is 0 Å². The first-order valence-electron chi connectivity index (χ1n) is 8.55. The Morgan fingerprint density at radius 3 is 2.85 bits per heavy atom. The predicted octanol–water partition coefficient (Wildman–Crippen LogP) is 4.04. The van der Waals surface area contributed by atoms with E-state index < -0.39 is 6.04 Å². The van der Waals surface area contributed by atoms with Gasteiger partial charge in [-0.05, 0) is 29.8 Å². The van der Waals surface area contributed by atoms with E-state index in [0.29, 0.717) is 5.02 Å². The van der Waals surface area contributed by atoms with Gasteiger partial charge in [-0.3, -0.25) is 9.69 Å². The molecule has 2 heterocycles. The Hall–Kier alpha value is -1.60. The molecule has 26 heavy (non-hydrogen) atoms. The minimum Gasteiger partial charge on any atom is -0.379 e. The van der Waals surface area contributed by atoms with Crippen LogP contribution in [0.5, 0.6) is 0 Å². The van der Waals surface area contributed by atoms with E-state index in [0.717, 1.165) is 59.8 Å². The number of anilines is 2. The number of hydrogen-bond acceptors (Lipinski definition) is 4. The molecule has 2 aliphatic rings. The van der Waals surface area contributed by atoms with E-state index in [1.54, 1.807) is 6.07 Å². The molecule has 4 rings (SSSR count). The molecule has 1 saturated heterocycles. The fourth-order valence-electron chi connectivity index (χ4n) is 3.35. The van der Waals surface area contributed by atoms with Gasteiger partial charge in [-0.2, -0.15) is 0 Å². The Morgan fingerprint density at radius 2 is 2.04 bits per heavy atom. The molecule has 0 bridgehead atoms. The number of hydrogen-bond donors (Lipinski definition) is 2. The van der Waals surface area contributed by atoms with Crippen LogP contribution < -0.4 is 10.6 Å². The highest BCUT2D eigenvalue weighted by Gasteiger charge is 2.31. The summed E-state index contributed by atoms with van der Waals surface area (Å²) in [7, 11) is 0. The second-order valence-electron chi connectivity index (χ2n) is 6.49. The van der Waals surface area contributed by atoms with Gasteiger partial charge in [0.2, 0.25) is 0 Å². The molecule has 1 unspecified atom stereocenters. The zero-order valence-corrected chi connectivity index (χ0v) is 16.4. The monoisotopic (exact) mass is 435 g/mol. The summed E-state index contributed by atoms with van der Waals surface area (Å²) in [6.45, 7) is 4.18. The Labute approximate surface area is 165 Å². The van der Waals surface area contributed by atoms with Crippen LogP contribution in [0.15, 0.2) is 40.9 Å². The van der Waals surface area contributed by atoms with E-state index in [9.17, 15) is 4.79 Å². The maximum absolute atomic E-state index is 12.5. The molecule has 1 fully saturated rings. The van der Waals surface area contributed by atoms with Gasteiger partial charge < -0.3 is 15.4 Å². The number of morpholine rings is 1. The third-order valence-corrected chi connectivity index (χ3v) is 5.44. The van der Waals surface area contributed by atoms with Crippen molar-refractivity contribution in [2.75, 3.05) is 36.9 Å². The van der Waals surface area contributed by atoms with Gasteiger partial charge in [0.05, 0.1) is 13.2 Å². The molecule has 2 N–H and O–H groups in total. The normalized spacial score (nSPS) is 19.9. The second kappa shape index (κ2) is 7.56. The number of nitrogens with one attached hydrogen (secondary N) is 2. The van der Waals surface area contributed by atoms with E-state index >= 15 is 0 Å². The number of carbonyl (C=O) groups excluding carboxylic acids is 1. The van der Waals surface area contributed by atoms with Crippen LogP contribution in [-0.4, -0.2) is 37.1 Å². The van der Waals surface area contributed by atoms with Gasteiger partial charge in [0.25, 0.3) is 5.91 Å². The fraction of sp³-hybridized carbons (Fsp3) is 0.316. The van der Waals surface area contributed by atoms with Gasteiger partial charge >= 0.3 is 0 Å². The van der Waals surface area contributed by atoms with E-state index in [4.69, 9.17) is 16.3 Å². The van der Waals surface area contributed by atoms with Crippen LogP contribution in [0.2, 0.25) is 5.02 Å². The largest absolute Gasteiger partial charge is 0.379 e. The van der Waals surface area contributed by atoms with E-state index in [1.165, 1.54) is 0 Å². The molecule has 136 valence electrons. The van der Waals surface area contributed by atoms with Crippen LogP contribution in [0.3, 0.4) is 0 Å². The summed E-state index contributed by atoms with van der Waals surface area (Å²) < 4.78 is 6.40. The first-order chi connectivity index (χ1) is 12.6. The van der Waals surface area contributed by atoms with Crippen molar-refractivity contribution in [1.29, 1.82) is 0 Å². The lowest BCUT2D eigenvalue weighted by atomic mass is 10.1. The maximum atomic E-state index is 12.5. The summed E-state index contributed by atoms with van der Waals surface area (Å²) in [6, 6.07) is 11.2. The van der Waals surface area contributed by atoms with Gasteiger partial charge in [0.1, 0.15) is 6.04 Å². The Bertz CT molecular complexity index is 840. The molecule has 0 radical (unpaired) electrons. The van der Waals surface area contributed by atoms with Gasteiger partial charge in [0, 0.05) is 46.1 Å². The van der Waals surface area contributed by atoms with Crippen molar-refractivity contribution in [3.63, 3.8) is 0 Å². The zero-order valence-electron chi connectivity index (χ0n) is 14.1. The minimum atomic E-state index is -0.431. The Morgan fingerprint density at radius 1 is 1.23 bits per heavy atom. The lowest BCUT2D eigenvalue weighted by Gasteiger charge is -2.28. The lowest BCUT2D eigenvalue weighted by molar-refractivity contribution is -0.116. The van der Waals surface area contributed by atoms with E-state index in [2.05, 4.69) is 37.5 Å². The molecule has 5 nitrogen and oxygen atoms in total. The highest BCUT2D eigenvalue weighted by molar-refractivity contribution is 9.10. The van der Waals surface area contributed by atoms with Crippen molar-refractivity contribution < 1.29 is 9.53 Å². The average Bonchev–Trinajstić information content (AvgIpc) is 2.93. The molecule has 7 heteroatoms.